The third-order valence-electron chi connectivity index (χ3n) is 3.52. The number of nitrogens with one attached hydrogen (secondary N) is 1. The second-order valence-electron chi connectivity index (χ2n) is 5.15. The third-order valence-corrected chi connectivity index (χ3v) is 4.13. The molecule has 0 saturated heterocycles. The molecule has 3 rings (SSSR count). The summed E-state index contributed by atoms with van der Waals surface area (Å²) in [5, 5.41) is 4.82. The third kappa shape index (κ3) is 3.88. The first-order valence-corrected chi connectivity index (χ1v) is 8.43. The Morgan fingerprint density at radius 2 is 1.88 bits per heavy atom. The van der Waals surface area contributed by atoms with Gasteiger partial charge in [-0.15, -0.1) is 11.3 Å². The number of thiazole rings is 1. The Labute approximate surface area is 145 Å². The molecule has 0 spiro atoms. The van der Waals surface area contributed by atoms with Gasteiger partial charge >= 0.3 is 0 Å². The highest BCUT2D eigenvalue weighted by molar-refractivity contribution is 7.07. The fourth-order valence-electron chi connectivity index (χ4n) is 2.30. The average Bonchev–Trinajstić information content (AvgIpc) is 3.14. The molecule has 0 aliphatic rings. The van der Waals surface area contributed by atoms with Crippen LogP contribution in [0.3, 0.4) is 0 Å². The van der Waals surface area contributed by atoms with Crippen molar-refractivity contribution in [1.82, 2.24) is 4.98 Å². The Bertz CT molecular complexity index is 829. The summed E-state index contributed by atoms with van der Waals surface area (Å²) >= 11 is 1.50. The zero-order chi connectivity index (χ0) is 16.8. The molecule has 0 unspecified atom stereocenters. The first-order chi connectivity index (χ1) is 11.7. The van der Waals surface area contributed by atoms with Gasteiger partial charge in [-0.1, -0.05) is 30.3 Å². The van der Waals surface area contributed by atoms with Gasteiger partial charge in [0.2, 0.25) is 5.91 Å². The molecule has 5 heteroatoms. The minimum Gasteiger partial charge on any atom is -0.343 e. The van der Waals surface area contributed by atoms with E-state index >= 15 is 0 Å². The van der Waals surface area contributed by atoms with Crippen LogP contribution in [-0.4, -0.2) is 17.9 Å². The molecule has 3 aromatic rings. The lowest BCUT2D eigenvalue weighted by atomic mass is 10.2. The Hall–Kier alpha value is -2.92. The van der Waals surface area contributed by atoms with E-state index in [1.807, 2.05) is 71.9 Å². The Balaban J connectivity index is 1.78. The number of benzene rings is 2. The number of hydrogen-bond acceptors (Lipinski definition) is 4. The molecule has 0 bridgehead atoms. The Kier molecular flexibility index (Phi) is 5.03. The van der Waals surface area contributed by atoms with Gasteiger partial charge in [0.05, 0.1) is 22.6 Å². The normalized spacial score (nSPS) is 10.7. The number of para-hydroxylation sites is 3. The first kappa shape index (κ1) is 16.0. The summed E-state index contributed by atoms with van der Waals surface area (Å²) in [6, 6.07) is 17.7. The van der Waals surface area contributed by atoms with Crippen LogP contribution >= 0.6 is 11.3 Å². The second kappa shape index (κ2) is 7.57. The lowest BCUT2D eigenvalue weighted by Gasteiger charge is -2.22. The van der Waals surface area contributed by atoms with Crippen LogP contribution < -0.4 is 10.2 Å². The van der Waals surface area contributed by atoms with E-state index in [0.29, 0.717) is 0 Å². The Morgan fingerprint density at radius 3 is 2.62 bits per heavy atom. The summed E-state index contributed by atoms with van der Waals surface area (Å²) in [7, 11) is 1.98. The number of amides is 1. The molecule has 1 amide bonds. The van der Waals surface area contributed by atoms with Gasteiger partial charge in [-0.05, 0) is 30.3 Å². The van der Waals surface area contributed by atoms with Crippen molar-refractivity contribution in [2.24, 2.45) is 0 Å². The topological polar surface area (TPSA) is 45.2 Å². The summed E-state index contributed by atoms with van der Waals surface area (Å²) in [6.07, 6.45) is 3.20. The molecule has 1 aromatic heterocycles. The molecule has 2 aromatic carbocycles. The molecule has 120 valence electrons. The Morgan fingerprint density at radius 1 is 1.12 bits per heavy atom. The van der Waals surface area contributed by atoms with Gasteiger partial charge in [-0.2, -0.15) is 0 Å². The predicted octanol–water partition coefficient (Wildman–Crippen LogP) is 4.56. The minimum absolute atomic E-state index is 0.183. The van der Waals surface area contributed by atoms with Gasteiger partial charge in [0.15, 0.2) is 0 Å². The number of hydrogen-bond donors (Lipinski definition) is 1. The standard InChI is InChI=1S/C19H17N3OS/c1-22(16-7-3-2-4-8-16)18-10-6-5-9-17(18)21-19(23)12-11-15-13-24-14-20-15/h2-14H,1H3,(H,21,23)/b12-11-. The van der Waals surface area contributed by atoms with Gasteiger partial charge in [-0.3, -0.25) is 4.79 Å². The van der Waals surface area contributed by atoms with Crippen LogP contribution in [0.4, 0.5) is 17.1 Å². The largest absolute Gasteiger partial charge is 0.343 e. The first-order valence-electron chi connectivity index (χ1n) is 7.49. The highest BCUT2D eigenvalue weighted by atomic mass is 32.1. The number of rotatable bonds is 5. The lowest BCUT2D eigenvalue weighted by molar-refractivity contribution is -0.111. The number of carbonyl (C=O) groups is 1. The van der Waals surface area contributed by atoms with E-state index in [2.05, 4.69) is 10.3 Å². The number of anilines is 3. The van der Waals surface area contributed by atoms with Crippen molar-refractivity contribution in [3.05, 3.63) is 77.3 Å². The molecule has 0 aliphatic heterocycles. The lowest BCUT2D eigenvalue weighted by Crippen LogP contribution is -2.15. The van der Waals surface area contributed by atoms with Crippen LogP contribution in [0.5, 0.6) is 0 Å². The van der Waals surface area contributed by atoms with Crippen molar-refractivity contribution < 1.29 is 4.79 Å². The van der Waals surface area contributed by atoms with Gasteiger partial charge in [0.1, 0.15) is 0 Å². The highest BCUT2D eigenvalue weighted by Gasteiger charge is 2.10. The van der Waals surface area contributed by atoms with Gasteiger partial charge in [0.25, 0.3) is 0 Å². The van der Waals surface area contributed by atoms with E-state index in [1.165, 1.54) is 17.4 Å². The second-order valence-corrected chi connectivity index (χ2v) is 5.87. The van der Waals surface area contributed by atoms with Crippen LogP contribution in [0, 0.1) is 0 Å². The van der Waals surface area contributed by atoms with Gasteiger partial charge in [0, 0.05) is 24.2 Å². The van der Waals surface area contributed by atoms with Crippen LogP contribution in [0.15, 0.2) is 71.6 Å². The molecule has 0 saturated carbocycles. The molecule has 0 aliphatic carbocycles. The smallest absolute Gasteiger partial charge is 0.248 e. The van der Waals surface area contributed by atoms with E-state index < -0.39 is 0 Å². The van der Waals surface area contributed by atoms with Crippen LogP contribution in [0.25, 0.3) is 6.08 Å². The molecule has 4 nitrogen and oxygen atoms in total. The van der Waals surface area contributed by atoms with Crippen LogP contribution in [0.2, 0.25) is 0 Å². The van der Waals surface area contributed by atoms with E-state index in [-0.39, 0.29) is 5.91 Å². The number of aromatic nitrogens is 1. The maximum absolute atomic E-state index is 12.2. The summed E-state index contributed by atoms with van der Waals surface area (Å²) in [5.74, 6) is -0.183. The van der Waals surface area contributed by atoms with Gasteiger partial charge in [-0.25, -0.2) is 4.98 Å². The molecule has 1 N–H and O–H groups in total. The van der Waals surface area contributed by atoms with Gasteiger partial charge < -0.3 is 10.2 Å². The zero-order valence-electron chi connectivity index (χ0n) is 13.2. The van der Waals surface area contributed by atoms with Crippen LogP contribution in [0.1, 0.15) is 5.69 Å². The van der Waals surface area contributed by atoms with Crippen LogP contribution in [-0.2, 0) is 4.79 Å². The highest BCUT2D eigenvalue weighted by Crippen LogP contribution is 2.30. The molecule has 0 atom stereocenters. The van der Waals surface area contributed by atoms with Crippen molar-refractivity contribution in [3.63, 3.8) is 0 Å². The van der Waals surface area contributed by atoms with E-state index in [0.717, 1.165) is 22.8 Å². The maximum Gasteiger partial charge on any atom is 0.248 e. The maximum atomic E-state index is 12.2. The molecule has 1 heterocycles. The number of carbonyl (C=O) groups excluding carboxylic acids is 1. The molecule has 0 fully saturated rings. The fourth-order valence-corrected chi connectivity index (χ4v) is 2.82. The SMILES string of the molecule is CN(c1ccccc1)c1ccccc1NC(=O)/C=C\c1cscn1. The summed E-state index contributed by atoms with van der Waals surface area (Å²) in [5.41, 5.74) is 5.26. The molecule has 24 heavy (non-hydrogen) atoms. The molecular weight excluding hydrogens is 318 g/mol. The predicted molar refractivity (Wildman–Crippen MR) is 101 cm³/mol. The average molecular weight is 335 g/mol. The van der Waals surface area contributed by atoms with Crippen molar-refractivity contribution in [2.45, 2.75) is 0 Å². The minimum atomic E-state index is -0.183. The number of nitrogens with zero attached hydrogens (tertiary/aromatic N) is 2. The van der Waals surface area contributed by atoms with Crippen molar-refractivity contribution in [3.8, 4) is 0 Å². The molecule has 0 radical (unpaired) electrons. The van der Waals surface area contributed by atoms with E-state index in [1.54, 1.807) is 11.6 Å². The quantitative estimate of drug-likeness (QED) is 0.695. The zero-order valence-corrected chi connectivity index (χ0v) is 14.0. The summed E-state index contributed by atoms with van der Waals surface area (Å²) in [6.45, 7) is 0. The van der Waals surface area contributed by atoms with E-state index in [4.69, 9.17) is 0 Å². The van der Waals surface area contributed by atoms with Crippen molar-refractivity contribution in [1.29, 1.82) is 0 Å². The monoisotopic (exact) mass is 335 g/mol. The van der Waals surface area contributed by atoms with Crippen molar-refractivity contribution >= 4 is 40.4 Å². The van der Waals surface area contributed by atoms with E-state index in [9.17, 15) is 4.79 Å². The fraction of sp³-hybridized carbons (Fsp3) is 0.0526. The molecular formula is C19H17N3OS. The van der Waals surface area contributed by atoms with Crippen molar-refractivity contribution in [2.75, 3.05) is 17.3 Å². The summed E-state index contributed by atoms with van der Waals surface area (Å²) < 4.78 is 0. The summed E-state index contributed by atoms with van der Waals surface area (Å²) in [4.78, 5) is 18.3.